The van der Waals surface area contributed by atoms with Crippen LogP contribution in [0, 0.1) is 11.8 Å². The van der Waals surface area contributed by atoms with Crippen LogP contribution in [0.4, 0.5) is 0 Å². The number of hydrogen-bond donors (Lipinski definition) is 1. The average Bonchev–Trinajstić information content (AvgIpc) is 2.01. The summed E-state index contributed by atoms with van der Waals surface area (Å²) in [6.45, 7) is 3.37. The van der Waals surface area contributed by atoms with E-state index in [9.17, 15) is 8.42 Å². The van der Waals surface area contributed by atoms with Gasteiger partial charge in [0, 0.05) is 13.1 Å². The van der Waals surface area contributed by atoms with Gasteiger partial charge in [-0.2, -0.15) is 0 Å². The van der Waals surface area contributed by atoms with Gasteiger partial charge < -0.3 is 5.32 Å². The van der Waals surface area contributed by atoms with E-state index in [-0.39, 0.29) is 0 Å². The molecule has 0 spiro atoms. The van der Waals surface area contributed by atoms with Crippen LogP contribution in [0.5, 0.6) is 0 Å². The Morgan fingerprint density at radius 2 is 1.77 bits per heavy atom. The van der Waals surface area contributed by atoms with E-state index in [1.165, 1.54) is 12.7 Å². The first-order valence-electron chi connectivity index (χ1n) is 4.71. The first kappa shape index (κ1) is 9.43. The molecule has 2 fully saturated rings. The third kappa shape index (κ3) is 2.03. The van der Waals surface area contributed by atoms with Gasteiger partial charge in [0.05, 0.1) is 6.26 Å². The maximum absolute atomic E-state index is 11.3. The molecule has 1 N–H and O–H groups in total. The second kappa shape index (κ2) is 3.22. The zero-order valence-electron chi connectivity index (χ0n) is 7.86. The SMILES string of the molecule is CS(=O)(=O)N1C[C@H]2CNC[C@@H](C2)C1. The molecule has 2 bridgehead atoms. The molecule has 0 aromatic carbocycles. The van der Waals surface area contributed by atoms with E-state index in [2.05, 4.69) is 5.32 Å². The van der Waals surface area contributed by atoms with Crippen molar-refractivity contribution in [2.45, 2.75) is 6.42 Å². The van der Waals surface area contributed by atoms with Gasteiger partial charge in [-0.05, 0) is 31.3 Å². The highest BCUT2D eigenvalue weighted by Crippen LogP contribution is 2.25. The summed E-state index contributed by atoms with van der Waals surface area (Å²) in [4.78, 5) is 0. The number of nitrogens with zero attached hydrogens (tertiary/aromatic N) is 1. The molecule has 2 aliphatic rings. The van der Waals surface area contributed by atoms with E-state index in [4.69, 9.17) is 0 Å². The topological polar surface area (TPSA) is 49.4 Å². The van der Waals surface area contributed by atoms with Crippen molar-refractivity contribution in [3.05, 3.63) is 0 Å². The van der Waals surface area contributed by atoms with E-state index >= 15 is 0 Å². The van der Waals surface area contributed by atoms with Crippen molar-refractivity contribution in [2.75, 3.05) is 32.4 Å². The molecule has 4 nitrogen and oxygen atoms in total. The number of nitrogens with one attached hydrogen (secondary N) is 1. The summed E-state index contributed by atoms with van der Waals surface area (Å²) < 4.78 is 24.3. The van der Waals surface area contributed by atoms with Crippen LogP contribution in [-0.2, 0) is 10.0 Å². The van der Waals surface area contributed by atoms with Gasteiger partial charge in [-0.25, -0.2) is 12.7 Å². The predicted molar refractivity (Wildman–Crippen MR) is 50.9 cm³/mol. The van der Waals surface area contributed by atoms with Crippen LogP contribution in [0.25, 0.3) is 0 Å². The Bertz CT molecular complexity index is 277. The normalized spacial score (nSPS) is 36.1. The third-order valence-corrected chi connectivity index (χ3v) is 4.16. The summed E-state index contributed by atoms with van der Waals surface area (Å²) >= 11 is 0. The molecule has 2 rings (SSSR count). The lowest BCUT2D eigenvalue weighted by atomic mass is 9.87. The van der Waals surface area contributed by atoms with Gasteiger partial charge in [0.1, 0.15) is 0 Å². The Morgan fingerprint density at radius 1 is 1.23 bits per heavy atom. The van der Waals surface area contributed by atoms with Gasteiger partial charge in [-0.15, -0.1) is 0 Å². The molecule has 0 amide bonds. The fourth-order valence-electron chi connectivity index (χ4n) is 2.33. The lowest BCUT2D eigenvalue weighted by Gasteiger charge is -2.40. The molecule has 0 saturated carbocycles. The Labute approximate surface area is 79.4 Å². The minimum Gasteiger partial charge on any atom is -0.316 e. The fraction of sp³-hybridized carbons (Fsp3) is 1.00. The van der Waals surface area contributed by atoms with Crippen molar-refractivity contribution in [3.8, 4) is 0 Å². The summed E-state index contributed by atoms with van der Waals surface area (Å²) in [6, 6.07) is 0. The van der Waals surface area contributed by atoms with Gasteiger partial charge in [0.2, 0.25) is 10.0 Å². The minimum absolute atomic E-state index is 0.530. The van der Waals surface area contributed by atoms with Gasteiger partial charge in [-0.3, -0.25) is 0 Å². The second-order valence-corrected chi connectivity index (χ2v) is 6.19. The Balaban J connectivity index is 2.10. The number of sulfonamides is 1. The molecule has 13 heavy (non-hydrogen) atoms. The van der Waals surface area contributed by atoms with Gasteiger partial charge in [0.25, 0.3) is 0 Å². The van der Waals surface area contributed by atoms with E-state index in [1.807, 2.05) is 0 Å². The zero-order valence-corrected chi connectivity index (χ0v) is 8.68. The number of hydrogen-bond acceptors (Lipinski definition) is 3. The maximum atomic E-state index is 11.3. The maximum Gasteiger partial charge on any atom is 0.211 e. The molecule has 0 aromatic heterocycles. The average molecular weight is 204 g/mol. The Hall–Kier alpha value is -0.130. The highest BCUT2D eigenvalue weighted by Gasteiger charge is 2.33. The van der Waals surface area contributed by atoms with Crippen molar-refractivity contribution in [2.24, 2.45) is 11.8 Å². The second-order valence-electron chi connectivity index (χ2n) is 4.21. The quantitative estimate of drug-likeness (QED) is 0.626. The molecule has 76 valence electrons. The van der Waals surface area contributed by atoms with E-state index in [0.717, 1.165) is 13.1 Å². The summed E-state index contributed by atoms with van der Waals surface area (Å²) in [6.07, 6.45) is 2.50. The van der Waals surface area contributed by atoms with E-state index in [1.54, 1.807) is 4.31 Å². The van der Waals surface area contributed by atoms with E-state index in [0.29, 0.717) is 24.9 Å². The molecule has 2 saturated heterocycles. The molecule has 0 aliphatic carbocycles. The first-order valence-corrected chi connectivity index (χ1v) is 6.56. The summed E-state index contributed by atoms with van der Waals surface area (Å²) in [7, 11) is -2.96. The third-order valence-electron chi connectivity index (χ3n) is 2.93. The molecule has 0 radical (unpaired) electrons. The Kier molecular flexibility index (Phi) is 2.33. The molecule has 0 unspecified atom stereocenters. The highest BCUT2D eigenvalue weighted by molar-refractivity contribution is 7.88. The van der Waals surface area contributed by atoms with Crippen molar-refractivity contribution >= 4 is 10.0 Å². The number of rotatable bonds is 1. The molecule has 5 heteroatoms. The smallest absolute Gasteiger partial charge is 0.211 e. The van der Waals surface area contributed by atoms with Crippen LogP contribution >= 0.6 is 0 Å². The van der Waals surface area contributed by atoms with Crippen LogP contribution in [0.15, 0.2) is 0 Å². The summed E-state index contributed by atoms with van der Waals surface area (Å²) in [5.41, 5.74) is 0. The highest BCUT2D eigenvalue weighted by atomic mass is 32.2. The monoisotopic (exact) mass is 204 g/mol. The van der Waals surface area contributed by atoms with Gasteiger partial charge in [0.15, 0.2) is 0 Å². The molecular formula is C8H16N2O2S. The number of fused-ring (bicyclic) bond motifs is 2. The Morgan fingerprint density at radius 3 is 2.23 bits per heavy atom. The fourth-order valence-corrected chi connectivity index (χ4v) is 3.29. The molecular weight excluding hydrogens is 188 g/mol. The standard InChI is InChI=1S/C8H16N2O2S/c1-13(11,12)10-5-7-2-8(6-10)4-9-3-7/h7-9H,2-6H2,1H3/t7-,8-/m1/s1. The van der Waals surface area contributed by atoms with Crippen LogP contribution in [0.2, 0.25) is 0 Å². The minimum atomic E-state index is -2.96. The molecule has 2 heterocycles. The zero-order chi connectivity index (χ0) is 9.47. The van der Waals surface area contributed by atoms with Crippen LogP contribution in [0.3, 0.4) is 0 Å². The van der Waals surface area contributed by atoms with Gasteiger partial charge in [-0.1, -0.05) is 0 Å². The lowest BCUT2D eigenvalue weighted by Crippen LogP contribution is -2.52. The van der Waals surface area contributed by atoms with Crippen LogP contribution in [0.1, 0.15) is 6.42 Å². The molecule has 2 aliphatic heterocycles. The van der Waals surface area contributed by atoms with Crippen molar-refractivity contribution < 1.29 is 8.42 Å². The van der Waals surface area contributed by atoms with Crippen molar-refractivity contribution in [3.63, 3.8) is 0 Å². The van der Waals surface area contributed by atoms with Gasteiger partial charge >= 0.3 is 0 Å². The lowest BCUT2D eigenvalue weighted by molar-refractivity contribution is 0.159. The van der Waals surface area contributed by atoms with E-state index < -0.39 is 10.0 Å². The van der Waals surface area contributed by atoms with Crippen LogP contribution in [-0.4, -0.2) is 45.2 Å². The predicted octanol–water partition coefficient (Wildman–Crippen LogP) is -0.513. The summed E-state index contributed by atoms with van der Waals surface area (Å²) in [5, 5.41) is 3.34. The van der Waals surface area contributed by atoms with Crippen molar-refractivity contribution in [1.82, 2.24) is 9.62 Å². The van der Waals surface area contributed by atoms with Crippen molar-refractivity contribution in [1.29, 1.82) is 0 Å². The van der Waals surface area contributed by atoms with Crippen LogP contribution < -0.4 is 5.32 Å². The molecule has 0 aromatic rings. The molecule has 2 atom stereocenters. The number of piperidine rings is 2. The largest absolute Gasteiger partial charge is 0.316 e. The summed E-state index contributed by atoms with van der Waals surface area (Å²) in [5.74, 6) is 1.06. The first-order chi connectivity index (χ1) is 6.05.